The van der Waals surface area contributed by atoms with E-state index in [1.54, 1.807) is 36.4 Å². The predicted octanol–water partition coefficient (Wildman–Crippen LogP) is 4.02. The highest BCUT2D eigenvalue weighted by atomic mass is 35.5. The Bertz CT molecular complexity index is 1130. The third kappa shape index (κ3) is 4.15. The summed E-state index contributed by atoms with van der Waals surface area (Å²) in [6.07, 6.45) is 0. The maximum Gasteiger partial charge on any atom is 0.242 e. The highest BCUT2D eigenvalue weighted by molar-refractivity contribution is 7.89. The summed E-state index contributed by atoms with van der Waals surface area (Å²) in [7, 11) is -3.63. The van der Waals surface area contributed by atoms with Gasteiger partial charge < -0.3 is 14.0 Å². The Kier molecular flexibility index (Phi) is 5.29. The van der Waals surface area contributed by atoms with Gasteiger partial charge in [-0.2, -0.15) is 4.98 Å². The van der Waals surface area contributed by atoms with E-state index in [9.17, 15) is 8.42 Å². The monoisotopic (exact) mass is 440 g/mol. The largest absolute Gasteiger partial charge is 0.467 e. The fourth-order valence-electron chi connectivity index (χ4n) is 2.91. The van der Waals surface area contributed by atoms with Crippen molar-refractivity contribution in [1.82, 2.24) is 10.1 Å². The summed E-state index contributed by atoms with van der Waals surface area (Å²) in [6.45, 7) is 0.375. The molecule has 2 aromatic carbocycles. The minimum absolute atomic E-state index is 0.0185. The van der Waals surface area contributed by atoms with Crippen molar-refractivity contribution in [2.24, 2.45) is 0 Å². The van der Waals surface area contributed by atoms with E-state index < -0.39 is 15.6 Å². The Morgan fingerprint density at radius 1 is 1.11 bits per heavy atom. The van der Waals surface area contributed by atoms with Gasteiger partial charge >= 0.3 is 0 Å². The lowest BCUT2D eigenvalue weighted by molar-refractivity contribution is -0.0169. The number of aromatic nitrogens is 2. The van der Waals surface area contributed by atoms with Gasteiger partial charge in [-0.05, 0) is 24.3 Å². The summed E-state index contributed by atoms with van der Waals surface area (Å²) in [6, 6.07) is 10.2. The fourth-order valence-corrected chi connectivity index (χ4v) is 4.67. The smallest absolute Gasteiger partial charge is 0.242 e. The van der Waals surface area contributed by atoms with Gasteiger partial charge in [0.2, 0.25) is 11.7 Å². The number of hydrogen-bond acceptors (Lipinski definition) is 7. The SMILES string of the molecule is O=S(=O)(Cc1nc(-c2ccccc2Cl)no1)Cc1cc(Cl)cc2c1OCOC2. The van der Waals surface area contributed by atoms with Crippen molar-refractivity contribution in [1.29, 1.82) is 0 Å². The molecule has 0 unspecified atom stereocenters. The van der Waals surface area contributed by atoms with E-state index in [0.717, 1.165) is 0 Å². The van der Waals surface area contributed by atoms with Crippen LogP contribution in [0.15, 0.2) is 40.9 Å². The molecule has 0 radical (unpaired) electrons. The van der Waals surface area contributed by atoms with Crippen molar-refractivity contribution in [2.45, 2.75) is 18.1 Å². The van der Waals surface area contributed by atoms with E-state index in [-0.39, 0.29) is 24.3 Å². The van der Waals surface area contributed by atoms with Gasteiger partial charge in [0, 0.05) is 21.7 Å². The molecule has 0 aliphatic carbocycles. The topological polar surface area (TPSA) is 91.5 Å². The number of hydrogen-bond donors (Lipinski definition) is 0. The van der Waals surface area contributed by atoms with Crippen molar-refractivity contribution in [3.8, 4) is 17.1 Å². The second-order valence-electron chi connectivity index (χ2n) is 6.19. The van der Waals surface area contributed by atoms with Crippen LogP contribution < -0.4 is 4.74 Å². The normalized spacial score (nSPS) is 13.8. The second-order valence-corrected chi connectivity index (χ2v) is 9.10. The van der Waals surface area contributed by atoms with Gasteiger partial charge in [-0.3, -0.25) is 0 Å². The Balaban J connectivity index is 1.56. The van der Waals surface area contributed by atoms with Crippen molar-refractivity contribution < 1.29 is 22.4 Å². The molecule has 0 atom stereocenters. The molecule has 0 bridgehead atoms. The van der Waals surface area contributed by atoms with Gasteiger partial charge in [-0.15, -0.1) is 0 Å². The molecule has 0 saturated carbocycles. The summed E-state index contributed by atoms with van der Waals surface area (Å²) >= 11 is 12.2. The minimum Gasteiger partial charge on any atom is -0.467 e. The van der Waals surface area contributed by atoms with E-state index in [1.807, 2.05) is 0 Å². The predicted molar refractivity (Wildman–Crippen MR) is 103 cm³/mol. The molecule has 0 fully saturated rings. The van der Waals surface area contributed by atoms with Crippen LogP contribution in [-0.2, 0) is 32.7 Å². The number of ether oxygens (including phenoxy) is 2. The van der Waals surface area contributed by atoms with Crippen molar-refractivity contribution in [3.63, 3.8) is 0 Å². The molecular weight excluding hydrogens is 427 g/mol. The average molecular weight is 441 g/mol. The molecule has 1 aliphatic rings. The van der Waals surface area contributed by atoms with Crippen molar-refractivity contribution in [2.75, 3.05) is 6.79 Å². The van der Waals surface area contributed by atoms with Crippen LogP contribution in [0.3, 0.4) is 0 Å². The molecule has 0 saturated heterocycles. The Hall–Kier alpha value is -2.13. The van der Waals surface area contributed by atoms with Gasteiger partial charge in [0.15, 0.2) is 16.6 Å². The summed E-state index contributed by atoms with van der Waals surface area (Å²) in [5.74, 6) is 0.00933. The highest BCUT2D eigenvalue weighted by Gasteiger charge is 2.24. The van der Waals surface area contributed by atoms with E-state index >= 15 is 0 Å². The molecule has 1 aliphatic heterocycles. The summed E-state index contributed by atoms with van der Waals surface area (Å²) < 4.78 is 41.2. The third-order valence-electron chi connectivity index (χ3n) is 4.05. The molecule has 1 aromatic heterocycles. The average Bonchev–Trinajstić information content (AvgIpc) is 3.09. The lowest BCUT2D eigenvalue weighted by Gasteiger charge is -2.21. The molecular formula is C18H14Cl2N2O5S. The maximum absolute atomic E-state index is 12.7. The highest BCUT2D eigenvalue weighted by Crippen LogP contribution is 2.33. The Morgan fingerprint density at radius 3 is 2.75 bits per heavy atom. The van der Waals surface area contributed by atoms with Crippen LogP contribution in [0.5, 0.6) is 5.75 Å². The number of rotatable bonds is 5. The number of nitrogens with zero attached hydrogens (tertiary/aromatic N) is 2. The number of fused-ring (bicyclic) bond motifs is 1. The quantitative estimate of drug-likeness (QED) is 0.591. The standard InChI is InChI=1S/C18H14Cl2N2O5S/c19-13-5-11-7-25-10-26-17(11)12(6-13)8-28(23,24)9-16-21-18(22-27-16)14-3-1-2-4-15(14)20/h1-6H,7-10H2. The zero-order valence-corrected chi connectivity index (χ0v) is 16.7. The van der Waals surface area contributed by atoms with Gasteiger partial charge in [-0.1, -0.05) is 40.5 Å². The Morgan fingerprint density at radius 2 is 1.93 bits per heavy atom. The Labute approximate surface area is 171 Å². The first-order valence-electron chi connectivity index (χ1n) is 8.21. The lowest BCUT2D eigenvalue weighted by atomic mass is 10.1. The van der Waals surface area contributed by atoms with Crippen LogP contribution in [0, 0.1) is 0 Å². The van der Waals surface area contributed by atoms with Crippen LogP contribution in [0.4, 0.5) is 0 Å². The molecule has 146 valence electrons. The minimum atomic E-state index is -3.63. The first kappa shape index (κ1) is 19.2. The zero-order chi connectivity index (χ0) is 19.7. The number of sulfone groups is 1. The second kappa shape index (κ2) is 7.71. The van der Waals surface area contributed by atoms with Gasteiger partial charge in [0.05, 0.1) is 17.4 Å². The van der Waals surface area contributed by atoms with Crippen LogP contribution in [0.25, 0.3) is 11.4 Å². The van der Waals surface area contributed by atoms with E-state index in [1.165, 1.54) is 0 Å². The molecule has 7 nitrogen and oxygen atoms in total. The summed E-state index contributed by atoms with van der Waals surface area (Å²) in [5, 5.41) is 4.69. The van der Waals surface area contributed by atoms with Crippen molar-refractivity contribution >= 4 is 33.0 Å². The molecule has 2 heterocycles. The van der Waals surface area contributed by atoms with Gasteiger partial charge in [0.1, 0.15) is 11.5 Å². The number of halogens is 2. The molecule has 10 heteroatoms. The van der Waals surface area contributed by atoms with Crippen LogP contribution in [0.1, 0.15) is 17.0 Å². The zero-order valence-electron chi connectivity index (χ0n) is 14.4. The molecule has 0 spiro atoms. The van der Waals surface area contributed by atoms with E-state index in [0.29, 0.717) is 39.1 Å². The van der Waals surface area contributed by atoms with Crippen LogP contribution in [-0.4, -0.2) is 25.4 Å². The maximum atomic E-state index is 12.7. The molecule has 0 amide bonds. The fraction of sp³-hybridized carbons (Fsp3) is 0.222. The van der Waals surface area contributed by atoms with Crippen molar-refractivity contribution in [3.05, 3.63) is 63.5 Å². The first-order chi connectivity index (χ1) is 13.4. The van der Waals surface area contributed by atoms with Gasteiger partial charge in [0.25, 0.3) is 0 Å². The van der Waals surface area contributed by atoms with E-state index in [2.05, 4.69) is 10.1 Å². The van der Waals surface area contributed by atoms with Gasteiger partial charge in [-0.25, -0.2) is 8.42 Å². The molecule has 28 heavy (non-hydrogen) atoms. The first-order valence-corrected chi connectivity index (χ1v) is 10.8. The summed E-state index contributed by atoms with van der Waals surface area (Å²) in [5.41, 5.74) is 1.74. The lowest BCUT2D eigenvalue weighted by Crippen LogP contribution is -2.15. The number of benzene rings is 2. The molecule has 4 rings (SSSR count). The van der Waals surface area contributed by atoms with Crippen LogP contribution in [0.2, 0.25) is 10.0 Å². The van der Waals surface area contributed by atoms with Crippen LogP contribution >= 0.6 is 23.2 Å². The third-order valence-corrected chi connectivity index (χ3v) is 6.04. The van der Waals surface area contributed by atoms with E-state index in [4.69, 9.17) is 37.2 Å². The molecule has 0 N–H and O–H groups in total. The molecule has 3 aromatic rings. The summed E-state index contributed by atoms with van der Waals surface area (Å²) in [4.78, 5) is 4.15.